The number of hydrogen-bond donors (Lipinski definition) is 2. The Morgan fingerprint density at radius 1 is 1.50 bits per heavy atom. The molecular weight excluding hydrogens is 208 g/mol. The zero-order valence-electron chi connectivity index (χ0n) is 9.27. The number of H-pyrrole nitrogens is 1. The third kappa shape index (κ3) is 2.25. The molecular formula is C9H14N6O. The van der Waals surface area contributed by atoms with E-state index in [1.54, 1.807) is 6.20 Å². The van der Waals surface area contributed by atoms with E-state index < -0.39 is 0 Å². The van der Waals surface area contributed by atoms with Crippen molar-refractivity contribution in [2.24, 2.45) is 0 Å². The summed E-state index contributed by atoms with van der Waals surface area (Å²) in [5, 5.41) is 21.2. The normalized spacial score (nSPS) is 12.9. The molecule has 2 aromatic rings. The topological polar surface area (TPSA) is 92.5 Å². The summed E-state index contributed by atoms with van der Waals surface area (Å²) in [6, 6.07) is 0.0492. The Kier molecular flexibility index (Phi) is 3.25. The first-order valence-corrected chi connectivity index (χ1v) is 5.24. The summed E-state index contributed by atoms with van der Waals surface area (Å²) in [5.41, 5.74) is 0.557. The average Bonchev–Trinajstić information content (AvgIpc) is 2.94. The quantitative estimate of drug-likeness (QED) is 0.781. The van der Waals surface area contributed by atoms with Crippen molar-refractivity contribution in [1.29, 1.82) is 0 Å². The lowest BCUT2D eigenvalue weighted by Crippen LogP contribution is -2.19. The first kappa shape index (κ1) is 10.7. The maximum Gasteiger partial charge on any atom is 0.269 e. The van der Waals surface area contributed by atoms with Gasteiger partial charge in [-0.25, -0.2) is 0 Å². The Morgan fingerprint density at radius 2 is 2.38 bits per heavy atom. The lowest BCUT2D eigenvalue weighted by Gasteiger charge is -2.07. The van der Waals surface area contributed by atoms with Crippen LogP contribution in [0.15, 0.2) is 10.6 Å². The maximum absolute atomic E-state index is 5.48. The molecule has 2 heterocycles. The molecule has 86 valence electrons. The van der Waals surface area contributed by atoms with Gasteiger partial charge in [0.2, 0.25) is 5.89 Å². The number of hydrogen-bond acceptors (Lipinski definition) is 6. The summed E-state index contributed by atoms with van der Waals surface area (Å²) >= 11 is 0. The third-order valence-corrected chi connectivity index (χ3v) is 2.15. The summed E-state index contributed by atoms with van der Waals surface area (Å²) < 4.78 is 5.48. The number of aromatic amines is 1. The minimum Gasteiger partial charge on any atom is -0.417 e. The monoisotopic (exact) mass is 222 g/mol. The fourth-order valence-electron chi connectivity index (χ4n) is 1.27. The largest absolute Gasteiger partial charge is 0.417 e. The molecule has 0 spiro atoms. The Bertz CT molecular complexity index is 423. The first-order valence-electron chi connectivity index (χ1n) is 5.24. The van der Waals surface area contributed by atoms with Crippen LogP contribution in [0.5, 0.6) is 0 Å². The van der Waals surface area contributed by atoms with Crippen LogP contribution < -0.4 is 5.32 Å². The van der Waals surface area contributed by atoms with Crippen LogP contribution in [-0.4, -0.2) is 32.2 Å². The van der Waals surface area contributed by atoms with Crippen LogP contribution in [0.4, 0.5) is 0 Å². The highest BCUT2D eigenvalue weighted by atomic mass is 16.4. The van der Waals surface area contributed by atoms with Gasteiger partial charge in [-0.05, 0) is 19.9 Å². The van der Waals surface area contributed by atoms with Gasteiger partial charge in [-0.2, -0.15) is 15.4 Å². The predicted octanol–water partition coefficient (Wildman–Crippen LogP) is 0.915. The van der Waals surface area contributed by atoms with Gasteiger partial charge in [0.1, 0.15) is 0 Å². The summed E-state index contributed by atoms with van der Waals surface area (Å²) in [5.74, 6) is 0.945. The Morgan fingerprint density at radius 3 is 3.06 bits per heavy atom. The molecule has 0 saturated heterocycles. The predicted molar refractivity (Wildman–Crippen MR) is 56.4 cm³/mol. The van der Waals surface area contributed by atoms with Crippen LogP contribution in [0.3, 0.4) is 0 Å². The van der Waals surface area contributed by atoms with E-state index in [9.17, 15) is 0 Å². The molecule has 0 aliphatic rings. The fourth-order valence-corrected chi connectivity index (χ4v) is 1.27. The molecule has 7 nitrogen and oxygen atoms in total. The summed E-state index contributed by atoms with van der Waals surface area (Å²) in [4.78, 5) is 0. The van der Waals surface area contributed by atoms with Gasteiger partial charge >= 0.3 is 0 Å². The van der Waals surface area contributed by atoms with Gasteiger partial charge in [-0.1, -0.05) is 6.92 Å². The van der Waals surface area contributed by atoms with Crippen LogP contribution >= 0.6 is 0 Å². The lowest BCUT2D eigenvalue weighted by molar-refractivity contribution is 0.422. The van der Waals surface area contributed by atoms with Crippen molar-refractivity contribution in [2.75, 3.05) is 6.54 Å². The Labute approximate surface area is 92.7 Å². The van der Waals surface area contributed by atoms with Gasteiger partial charge in [0.05, 0.1) is 12.2 Å². The summed E-state index contributed by atoms with van der Waals surface area (Å²) in [6.45, 7) is 5.01. The Hall–Kier alpha value is -1.76. The highest BCUT2D eigenvalue weighted by Crippen LogP contribution is 2.17. The van der Waals surface area contributed by atoms with E-state index in [2.05, 4.69) is 37.8 Å². The molecule has 1 atom stereocenters. The van der Waals surface area contributed by atoms with Crippen molar-refractivity contribution in [3.8, 4) is 11.6 Å². The Balaban J connectivity index is 2.07. The van der Waals surface area contributed by atoms with Crippen molar-refractivity contribution in [2.45, 2.75) is 26.3 Å². The third-order valence-electron chi connectivity index (χ3n) is 2.15. The van der Waals surface area contributed by atoms with Crippen molar-refractivity contribution >= 4 is 0 Å². The molecule has 0 saturated carbocycles. The van der Waals surface area contributed by atoms with Gasteiger partial charge in [-0.3, -0.25) is 0 Å². The molecule has 16 heavy (non-hydrogen) atoms. The van der Waals surface area contributed by atoms with Gasteiger partial charge in [-0.15, -0.1) is 10.2 Å². The van der Waals surface area contributed by atoms with E-state index in [4.69, 9.17) is 4.42 Å². The molecule has 0 fully saturated rings. The molecule has 2 rings (SSSR count). The molecule has 0 aliphatic heterocycles. The second-order valence-corrected chi connectivity index (χ2v) is 3.48. The van der Waals surface area contributed by atoms with Crippen molar-refractivity contribution in [3.05, 3.63) is 12.1 Å². The molecule has 0 amide bonds. The molecule has 1 unspecified atom stereocenters. The van der Waals surface area contributed by atoms with Crippen molar-refractivity contribution in [3.63, 3.8) is 0 Å². The van der Waals surface area contributed by atoms with Crippen LogP contribution in [0, 0.1) is 0 Å². The van der Waals surface area contributed by atoms with E-state index in [1.807, 2.05) is 6.92 Å². The number of nitrogens with zero attached hydrogens (tertiary/aromatic N) is 4. The van der Waals surface area contributed by atoms with Gasteiger partial charge < -0.3 is 9.73 Å². The molecule has 0 aromatic carbocycles. The van der Waals surface area contributed by atoms with E-state index >= 15 is 0 Å². The van der Waals surface area contributed by atoms with Gasteiger partial charge in [0.15, 0.2) is 5.69 Å². The molecule has 0 bridgehead atoms. The van der Waals surface area contributed by atoms with Crippen LogP contribution in [0.2, 0.25) is 0 Å². The number of aromatic nitrogens is 5. The van der Waals surface area contributed by atoms with Crippen LogP contribution in [0.25, 0.3) is 11.6 Å². The smallest absolute Gasteiger partial charge is 0.269 e. The summed E-state index contributed by atoms with van der Waals surface area (Å²) in [7, 11) is 0. The minimum atomic E-state index is 0.0492. The SMILES string of the molecule is CCCNC(C)c1nnc(-c2cn[nH]n2)o1. The molecule has 0 aliphatic carbocycles. The zero-order chi connectivity index (χ0) is 11.4. The van der Waals surface area contributed by atoms with Gasteiger partial charge in [0, 0.05) is 0 Å². The van der Waals surface area contributed by atoms with Crippen molar-refractivity contribution < 1.29 is 4.42 Å². The van der Waals surface area contributed by atoms with Crippen LogP contribution in [0.1, 0.15) is 32.2 Å². The second kappa shape index (κ2) is 4.84. The molecule has 2 aromatic heterocycles. The average molecular weight is 222 g/mol. The van der Waals surface area contributed by atoms with E-state index in [1.165, 1.54) is 0 Å². The zero-order valence-corrected chi connectivity index (χ0v) is 9.27. The summed E-state index contributed by atoms with van der Waals surface area (Å²) in [6.07, 6.45) is 2.61. The van der Waals surface area contributed by atoms with E-state index in [-0.39, 0.29) is 6.04 Å². The minimum absolute atomic E-state index is 0.0492. The lowest BCUT2D eigenvalue weighted by atomic mass is 10.3. The van der Waals surface area contributed by atoms with E-state index in [0.717, 1.165) is 13.0 Å². The molecule has 2 N–H and O–H groups in total. The number of nitrogens with one attached hydrogen (secondary N) is 2. The number of rotatable bonds is 5. The highest BCUT2D eigenvalue weighted by molar-refractivity contribution is 5.42. The maximum atomic E-state index is 5.48. The highest BCUT2D eigenvalue weighted by Gasteiger charge is 2.15. The molecule has 0 radical (unpaired) electrons. The van der Waals surface area contributed by atoms with E-state index in [0.29, 0.717) is 17.5 Å². The molecule has 7 heteroatoms. The van der Waals surface area contributed by atoms with Crippen molar-refractivity contribution in [1.82, 2.24) is 30.9 Å². The van der Waals surface area contributed by atoms with Gasteiger partial charge in [0.25, 0.3) is 5.89 Å². The van der Waals surface area contributed by atoms with Crippen LogP contribution in [-0.2, 0) is 0 Å². The second-order valence-electron chi connectivity index (χ2n) is 3.48. The first-order chi connectivity index (χ1) is 7.81. The standard InChI is InChI=1S/C9H14N6O/c1-3-4-10-6(2)8-13-14-9(16-8)7-5-11-15-12-7/h5-6,10H,3-4H2,1-2H3,(H,11,12,15). The fraction of sp³-hybridized carbons (Fsp3) is 0.556.